The third kappa shape index (κ3) is 7.86. The minimum Gasteiger partial charge on any atom is -0.380 e. The van der Waals surface area contributed by atoms with Gasteiger partial charge in [0.1, 0.15) is 5.69 Å². The third-order valence-electron chi connectivity index (χ3n) is 8.91. The van der Waals surface area contributed by atoms with Crippen LogP contribution in [0.4, 0.5) is 0 Å². The monoisotopic (exact) mass is 616 g/mol. The Kier molecular flexibility index (Phi) is 11.3. The number of methoxy groups -OCH3 is 1. The molecule has 3 aliphatic carbocycles. The lowest BCUT2D eigenvalue weighted by atomic mass is 9.81. The number of ether oxygens (including phenoxy) is 1. The molecule has 0 aliphatic heterocycles. The van der Waals surface area contributed by atoms with E-state index in [1.54, 1.807) is 7.11 Å². The van der Waals surface area contributed by atoms with Crippen molar-refractivity contribution < 1.29 is 4.74 Å². The van der Waals surface area contributed by atoms with Crippen molar-refractivity contribution in [1.29, 1.82) is 0 Å². The molecule has 47 heavy (non-hydrogen) atoms. The summed E-state index contributed by atoms with van der Waals surface area (Å²) >= 11 is 0. The quantitative estimate of drug-likeness (QED) is 0.219. The number of aromatic nitrogens is 2. The number of terminal acetylenes is 1. The first kappa shape index (κ1) is 33.3. The number of hydrogen-bond donors (Lipinski definition) is 0. The Bertz CT molecular complexity index is 1920. The van der Waals surface area contributed by atoms with Gasteiger partial charge in [0.2, 0.25) is 0 Å². The van der Waals surface area contributed by atoms with Crippen molar-refractivity contribution in [2.24, 2.45) is 11.8 Å². The van der Waals surface area contributed by atoms with E-state index in [9.17, 15) is 0 Å². The topological polar surface area (TPSA) is 35.0 Å². The predicted molar refractivity (Wildman–Crippen MR) is 200 cm³/mol. The van der Waals surface area contributed by atoms with Gasteiger partial charge in [0, 0.05) is 13.0 Å². The third-order valence-corrected chi connectivity index (χ3v) is 8.91. The van der Waals surface area contributed by atoms with E-state index in [1.165, 1.54) is 22.3 Å². The molecule has 3 nitrogen and oxygen atoms in total. The van der Waals surface area contributed by atoms with Gasteiger partial charge in [0.05, 0.1) is 28.9 Å². The molecule has 2 atom stereocenters. The highest BCUT2D eigenvalue weighted by atomic mass is 16.5. The standard InChI is InChI=1S/C44H44N2O/c1-7-9-13-24-38-31(3)27-36-22-16-12-17-23-37(36)28-32(4)39(40(30-47-6)33(38)5)29-34(8-2)43-44(35-20-14-10-11-15-21-35)46-42-26-19-18-25-41(42)45-43/h2,7,9-20,23,25-29,31-32H,1,21-22,24,30H2,3-6H3/b13-9-,34-29+,36-27-,37-28-,38-33-,40-39-. The highest BCUT2D eigenvalue weighted by Crippen LogP contribution is 2.37. The molecule has 1 heterocycles. The molecule has 0 N–H and O–H groups in total. The minimum absolute atomic E-state index is 0.0257. The largest absolute Gasteiger partial charge is 0.380 e. The summed E-state index contributed by atoms with van der Waals surface area (Å²) in [5, 5.41) is 0. The Balaban J connectivity index is 1.81. The molecule has 0 bridgehead atoms. The van der Waals surface area contributed by atoms with Crippen LogP contribution in [0.3, 0.4) is 0 Å². The van der Waals surface area contributed by atoms with E-state index in [4.69, 9.17) is 21.1 Å². The second kappa shape index (κ2) is 16.0. The maximum atomic E-state index is 6.42. The van der Waals surface area contributed by atoms with Crippen LogP contribution in [-0.2, 0) is 4.74 Å². The first-order chi connectivity index (χ1) is 22.9. The molecule has 2 unspecified atom stereocenters. The van der Waals surface area contributed by atoms with Gasteiger partial charge in [0.15, 0.2) is 0 Å². The lowest BCUT2D eigenvalue weighted by Crippen LogP contribution is -2.12. The van der Waals surface area contributed by atoms with Crippen LogP contribution in [0.25, 0.3) is 22.2 Å². The number of rotatable bonds is 8. The fourth-order valence-corrected chi connectivity index (χ4v) is 6.46. The van der Waals surface area contributed by atoms with Crippen molar-refractivity contribution in [3.8, 4) is 12.3 Å². The van der Waals surface area contributed by atoms with Crippen LogP contribution in [0.2, 0.25) is 0 Å². The molecule has 3 heteroatoms. The van der Waals surface area contributed by atoms with Gasteiger partial charge < -0.3 is 4.74 Å². The van der Waals surface area contributed by atoms with Crippen molar-refractivity contribution >= 4 is 22.2 Å². The lowest BCUT2D eigenvalue weighted by molar-refractivity contribution is 0.226. The van der Waals surface area contributed by atoms with Crippen molar-refractivity contribution in [3.63, 3.8) is 0 Å². The van der Waals surface area contributed by atoms with E-state index in [1.807, 2.05) is 48.6 Å². The van der Waals surface area contributed by atoms with Crippen LogP contribution in [0.5, 0.6) is 0 Å². The Labute approximate surface area is 281 Å². The highest BCUT2D eigenvalue weighted by Gasteiger charge is 2.23. The molecular weight excluding hydrogens is 572 g/mol. The first-order valence-corrected chi connectivity index (χ1v) is 16.4. The molecule has 1 aromatic carbocycles. The van der Waals surface area contributed by atoms with Gasteiger partial charge in [0.25, 0.3) is 0 Å². The zero-order valence-electron chi connectivity index (χ0n) is 28.0. The highest BCUT2D eigenvalue weighted by molar-refractivity contribution is 5.89. The van der Waals surface area contributed by atoms with Gasteiger partial charge in [-0.3, -0.25) is 0 Å². The smallest absolute Gasteiger partial charge is 0.105 e. The van der Waals surface area contributed by atoms with Gasteiger partial charge in [-0.2, -0.15) is 0 Å². The second-order valence-corrected chi connectivity index (χ2v) is 12.1. The molecule has 236 valence electrons. The van der Waals surface area contributed by atoms with Gasteiger partial charge in [-0.1, -0.05) is 129 Å². The molecule has 0 amide bonds. The van der Waals surface area contributed by atoms with Gasteiger partial charge in [-0.25, -0.2) is 9.97 Å². The number of allylic oxidation sites excluding steroid dienone is 21. The molecule has 0 saturated carbocycles. The zero-order chi connectivity index (χ0) is 33.2. The average molecular weight is 617 g/mol. The number of benzene rings is 1. The summed E-state index contributed by atoms with van der Waals surface area (Å²) < 4.78 is 5.93. The molecule has 0 spiro atoms. The first-order valence-electron chi connectivity index (χ1n) is 16.4. The SMILES string of the molecule is C#C\C(=C/C1=C(COC)/C(C)=C(/C/C=C\C=C)C(C)/C=C2/CC=CC=C/C2=C/C1C)c1nc2ccccc2nc1C1=CC=CC=CC1. The molecule has 0 radical (unpaired) electrons. The average Bonchev–Trinajstić information content (AvgIpc) is 3.49. The fraction of sp³-hybridized carbons (Fsp3) is 0.227. The zero-order valence-corrected chi connectivity index (χ0v) is 28.0. The summed E-state index contributed by atoms with van der Waals surface area (Å²) in [5.41, 5.74) is 12.3. The molecule has 2 aromatic rings. The number of hydrogen-bond acceptors (Lipinski definition) is 3. The van der Waals surface area contributed by atoms with Crippen LogP contribution in [0.15, 0.2) is 155 Å². The maximum Gasteiger partial charge on any atom is 0.105 e. The summed E-state index contributed by atoms with van der Waals surface area (Å²) in [7, 11) is 1.76. The number of nitrogens with zero attached hydrogens (tertiary/aromatic N) is 2. The summed E-state index contributed by atoms with van der Waals surface area (Å²) in [6.07, 6.45) is 41.0. The summed E-state index contributed by atoms with van der Waals surface area (Å²) in [4.78, 5) is 10.3. The number of fused-ring (bicyclic) bond motifs is 2. The summed E-state index contributed by atoms with van der Waals surface area (Å²) in [6, 6.07) is 7.98. The Morgan fingerprint density at radius 1 is 0.979 bits per heavy atom. The van der Waals surface area contributed by atoms with Gasteiger partial charge >= 0.3 is 0 Å². The Morgan fingerprint density at radius 3 is 2.47 bits per heavy atom. The van der Waals surface area contributed by atoms with E-state index in [0.717, 1.165) is 52.7 Å². The summed E-state index contributed by atoms with van der Waals surface area (Å²) in [5.74, 6) is 3.28. The van der Waals surface area contributed by atoms with E-state index >= 15 is 0 Å². The normalized spacial score (nSPS) is 25.7. The van der Waals surface area contributed by atoms with Gasteiger partial charge in [-0.15, -0.1) is 6.42 Å². The van der Waals surface area contributed by atoms with Crippen molar-refractivity contribution in [1.82, 2.24) is 9.97 Å². The number of para-hydroxylation sites is 2. The lowest BCUT2D eigenvalue weighted by Gasteiger charge is -2.25. The molecule has 1 aromatic heterocycles. The van der Waals surface area contributed by atoms with Crippen LogP contribution >= 0.6 is 0 Å². The minimum atomic E-state index is 0.0257. The van der Waals surface area contributed by atoms with Crippen LogP contribution in [0, 0.1) is 24.2 Å². The second-order valence-electron chi connectivity index (χ2n) is 12.1. The molecule has 0 fully saturated rings. The van der Waals surface area contributed by atoms with Crippen LogP contribution in [-0.4, -0.2) is 23.7 Å². The van der Waals surface area contributed by atoms with Gasteiger partial charge in [-0.05, 0) is 83.8 Å². The van der Waals surface area contributed by atoms with Crippen molar-refractivity contribution in [3.05, 3.63) is 167 Å². The predicted octanol–water partition coefficient (Wildman–Crippen LogP) is 10.6. The van der Waals surface area contributed by atoms with Crippen LogP contribution in [0.1, 0.15) is 51.4 Å². The molecular formula is C44H44N2O. The van der Waals surface area contributed by atoms with E-state index in [2.05, 4.69) is 100 Å². The fourth-order valence-electron chi connectivity index (χ4n) is 6.46. The van der Waals surface area contributed by atoms with Crippen LogP contribution < -0.4 is 0 Å². The maximum absolute atomic E-state index is 6.42. The van der Waals surface area contributed by atoms with E-state index in [0.29, 0.717) is 17.9 Å². The van der Waals surface area contributed by atoms with E-state index < -0.39 is 0 Å². The van der Waals surface area contributed by atoms with E-state index in [-0.39, 0.29) is 11.8 Å². The Hall–Kier alpha value is -5.04. The molecule has 3 aliphatic rings. The van der Waals surface area contributed by atoms with Crippen molar-refractivity contribution in [2.75, 3.05) is 13.7 Å². The Morgan fingerprint density at radius 2 is 1.72 bits per heavy atom. The molecule has 5 rings (SSSR count). The molecule has 0 saturated heterocycles. The summed E-state index contributed by atoms with van der Waals surface area (Å²) in [6.45, 7) is 11.1. The van der Waals surface area contributed by atoms with Crippen molar-refractivity contribution in [2.45, 2.75) is 40.0 Å².